The van der Waals surface area contributed by atoms with Crippen LogP contribution in [0, 0.1) is 11.8 Å². The van der Waals surface area contributed by atoms with E-state index < -0.39 is 0 Å². The third-order valence-corrected chi connectivity index (χ3v) is 3.38. The van der Waals surface area contributed by atoms with Crippen molar-refractivity contribution in [2.45, 2.75) is 20.0 Å². The summed E-state index contributed by atoms with van der Waals surface area (Å²) in [6.45, 7) is 5.64. The minimum atomic E-state index is -0.170. The highest BCUT2D eigenvalue weighted by atomic mass is 16.5. The molecule has 0 aliphatic carbocycles. The van der Waals surface area contributed by atoms with Crippen molar-refractivity contribution in [1.82, 2.24) is 5.32 Å². The number of hydrogen-bond acceptors (Lipinski definition) is 3. The fraction of sp³-hybridized carbons (Fsp3) is 0.500. The van der Waals surface area contributed by atoms with Crippen molar-refractivity contribution in [3.05, 3.63) is 35.9 Å². The predicted molar refractivity (Wildman–Crippen MR) is 66.5 cm³/mol. The number of rotatable bonds is 3. The monoisotopic (exact) mass is 233 g/mol. The molecule has 0 saturated carbocycles. The fourth-order valence-corrected chi connectivity index (χ4v) is 2.18. The molecule has 1 N–H and O–H groups in total. The third kappa shape index (κ3) is 2.86. The molecule has 0 radical (unpaired) electrons. The second-order valence-corrected chi connectivity index (χ2v) is 4.73. The molecule has 0 bridgehead atoms. The minimum absolute atomic E-state index is 0.00108. The van der Waals surface area contributed by atoms with Crippen LogP contribution in [0.1, 0.15) is 25.5 Å². The first-order chi connectivity index (χ1) is 8.18. The Bertz CT molecular complexity index is 377. The standard InChI is InChI=1S/C14H19NO2/c1-10-8-15-9-13(10)14(16)17-11(2)12-6-4-3-5-7-12/h3-7,10-11,13,15H,8-9H2,1-2H3/t10-,11?,13-/m1/s1. The van der Waals surface area contributed by atoms with E-state index >= 15 is 0 Å². The van der Waals surface area contributed by atoms with Gasteiger partial charge in [0.15, 0.2) is 0 Å². The molecular formula is C14H19NO2. The van der Waals surface area contributed by atoms with Gasteiger partial charge in [0.05, 0.1) is 5.92 Å². The average molecular weight is 233 g/mol. The lowest BCUT2D eigenvalue weighted by atomic mass is 9.98. The minimum Gasteiger partial charge on any atom is -0.458 e. The lowest BCUT2D eigenvalue weighted by Gasteiger charge is -2.18. The van der Waals surface area contributed by atoms with Gasteiger partial charge in [-0.2, -0.15) is 0 Å². The molecule has 1 aliphatic heterocycles. The molecule has 0 amide bonds. The highest BCUT2D eigenvalue weighted by Gasteiger charge is 2.31. The summed E-state index contributed by atoms with van der Waals surface area (Å²) in [5.74, 6) is 0.283. The van der Waals surface area contributed by atoms with E-state index in [1.807, 2.05) is 37.3 Å². The van der Waals surface area contributed by atoms with Gasteiger partial charge in [0.2, 0.25) is 0 Å². The molecule has 17 heavy (non-hydrogen) atoms. The maximum Gasteiger partial charge on any atom is 0.311 e. The van der Waals surface area contributed by atoms with Gasteiger partial charge in [-0.15, -0.1) is 0 Å². The molecule has 0 aromatic heterocycles. The van der Waals surface area contributed by atoms with Crippen molar-refractivity contribution < 1.29 is 9.53 Å². The number of esters is 1. The summed E-state index contributed by atoms with van der Waals surface area (Å²) in [7, 11) is 0. The van der Waals surface area contributed by atoms with Crippen LogP contribution in [-0.4, -0.2) is 19.1 Å². The predicted octanol–water partition coefficient (Wildman–Crippen LogP) is 2.15. The number of hydrogen-bond donors (Lipinski definition) is 1. The van der Waals surface area contributed by atoms with Crippen LogP contribution in [0.15, 0.2) is 30.3 Å². The zero-order chi connectivity index (χ0) is 12.3. The first-order valence-electron chi connectivity index (χ1n) is 6.14. The Balaban J connectivity index is 1.95. The highest BCUT2D eigenvalue weighted by molar-refractivity contribution is 5.73. The second kappa shape index (κ2) is 5.32. The third-order valence-electron chi connectivity index (χ3n) is 3.38. The van der Waals surface area contributed by atoms with Crippen LogP contribution in [0.2, 0.25) is 0 Å². The van der Waals surface area contributed by atoms with Gasteiger partial charge < -0.3 is 10.1 Å². The first kappa shape index (κ1) is 12.1. The van der Waals surface area contributed by atoms with E-state index in [9.17, 15) is 4.79 Å². The molecule has 92 valence electrons. The highest BCUT2D eigenvalue weighted by Crippen LogP contribution is 2.22. The maximum absolute atomic E-state index is 12.0. The summed E-state index contributed by atoms with van der Waals surface area (Å²) in [6, 6.07) is 9.84. The molecule has 1 aliphatic rings. The van der Waals surface area contributed by atoms with Gasteiger partial charge in [0, 0.05) is 6.54 Å². The lowest BCUT2D eigenvalue weighted by Crippen LogP contribution is -2.24. The van der Waals surface area contributed by atoms with E-state index in [0.717, 1.165) is 18.7 Å². The number of ether oxygens (including phenoxy) is 1. The first-order valence-corrected chi connectivity index (χ1v) is 6.14. The van der Waals surface area contributed by atoms with Gasteiger partial charge in [0.25, 0.3) is 0 Å². The molecular weight excluding hydrogens is 214 g/mol. The van der Waals surface area contributed by atoms with Gasteiger partial charge in [-0.1, -0.05) is 37.3 Å². The van der Waals surface area contributed by atoms with Gasteiger partial charge in [-0.25, -0.2) is 0 Å². The Morgan fingerprint density at radius 2 is 2.06 bits per heavy atom. The van der Waals surface area contributed by atoms with Gasteiger partial charge in [-0.3, -0.25) is 4.79 Å². The summed E-state index contributed by atoms with van der Waals surface area (Å²) in [6.07, 6.45) is -0.170. The zero-order valence-corrected chi connectivity index (χ0v) is 10.3. The van der Waals surface area contributed by atoms with E-state index in [4.69, 9.17) is 4.74 Å². The van der Waals surface area contributed by atoms with Gasteiger partial charge >= 0.3 is 5.97 Å². The Labute approximate surface area is 102 Å². The average Bonchev–Trinajstić information content (AvgIpc) is 2.76. The van der Waals surface area contributed by atoms with E-state index in [2.05, 4.69) is 12.2 Å². The van der Waals surface area contributed by atoms with Crippen LogP contribution >= 0.6 is 0 Å². The molecule has 1 fully saturated rings. The van der Waals surface area contributed by atoms with Crippen LogP contribution < -0.4 is 5.32 Å². The van der Waals surface area contributed by atoms with Crippen molar-refractivity contribution in [3.63, 3.8) is 0 Å². The fourth-order valence-electron chi connectivity index (χ4n) is 2.18. The molecule has 2 rings (SSSR count). The molecule has 0 spiro atoms. The van der Waals surface area contributed by atoms with E-state index in [0.29, 0.717) is 5.92 Å². The Hall–Kier alpha value is -1.35. The number of nitrogens with one attached hydrogen (secondary N) is 1. The van der Waals surface area contributed by atoms with Crippen LogP contribution in [0.3, 0.4) is 0 Å². The molecule has 1 heterocycles. The molecule has 1 aromatic rings. The quantitative estimate of drug-likeness (QED) is 0.813. The van der Waals surface area contributed by atoms with Crippen LogP contribution in [-0.2, 0) is 9.53 Å². The molecule has 1 aromatic carbocycles. The summed E-state index contributed by atoms with van der Waals surface area (Å²) in [5, 5.41) is 3.22. The van der Waals surface area contributed by atoms with E-state index in [1.54, 1.807) is 0 Å². The van der Waals surface area contributed by atoms with Crippen molar-refractivity contribution in [1.29, 1.82) is 0 Å². The lowest BCUT2D eigenvalue weighted by molar-refractivity contribution is -0.154. The van der Waals surface area contributed by atoms with E-state index in [1.165, 1.54) is 0 Å². The summed E-state index contributed by atoms with van der Waals surface area (Å²) >= 11 is 0. The van der Waals surface area contributed by atoms with Gasteiger partial charge in [-0.05, 0) is 24.9 Å². The normalized spacial score (nSPS) is 25.5. The molecule has 1 saturated heterocycles. The van der Waals surface area contributed by atoms with Crippen LogP contribution in [0.5, 0.6) is 0 Å². The van der Waals surface area contributed by atoms with Crippen molar-refractivity contribution in [2.75, 3.05) is 13.1 Å². The van der Waals surface area contributed by atoms with Crippen molar-refractivity contribution >= 4 is 5.97 Å². The maximum atomic E-state index is 12.0. The second-order valence-electron chi connectivity index (χ2n) is 4.73. The summed E-state index contributed by atoms with van der Waals surface area (Å²) in [5.41, 5.74) is 1.04. The molecule has 3 heteroatoms. The molecule has 3 nitrogen and oxygen atoms in total. The number of benzene rings is 1. The SMILES string of the molecule is CC(OC(=O)[C@@H]1CNC[C@H]1C)c1ccccc1. The Morgan fingerprint density at radius 1 is 1.35 bits per heavy atom. The van der Waals surface area contributed by atoms with Crippen molar-refractivity contribution in [2.24, 2.45) is 11.8 Å². The molecule has 1 unspecified atom stereocenters. The zero-order valence-electron chi connectivity index (χ0n) is 10.3. The van der Waals surface area contributed by atoms with Crippen LogP contribution in [0.25, 0.3) is 0 Å². The largest absolute Gasteiger partial charge is 0.458 e. The van der Waals surface area contributed by atoms with Gasteiger partial charge in [0.1, 0.15) is 6.10 Å². The smallest absolute Gasteiger partial charge is 0.311 e. The topological polar surface area (TPSA) is 38.3 Å². The number of carbonyl (C=O) groups excluding carboxylic acids is 1. The molecule has 3 atom stereocenters. The Kier molecular flexibility index (Phi) is 3.79. The van der Waals surface area contributed by atoms with E-state index in [-0.39, 0.29) is 18.0 Å². The summed E-state index contributed by atoms with van der Waals surface area (Å²) < 4.78 is 5.51. The summed E-state index contributed by atoms with van der Waals surface area (Å²) in [4.78, 5) is 12.0. The number of carbonyl (C=O) groups is 1. The Morgan fingerprint density at radius 3 is 2.65 bits per heavy atom. The van der Waals surface area contributed by atoms with Crippen molar-refractivity contribution in [3.8, 4) is 0 Å². The van der Waals surface area contributed by atoms with Crippen LogP contribution in [0.4, 0.5) is 0 Å².